The van der Waals surface area contributed by atoms with E-state index >= 15 is 0 Å². The second kappa shape index (κ2) is 12.1. The van der Waals surface area contributed by atoms with Crippen LogP contribution in [0.2, 0.25) is 0 Å². The lowest BCUT2D eigenvalue weighted by atomic mass is 9.35. The third kappa shape index (κ3) is 4.28. The van der Waals surface area contributed by atoms with Crippen LogP contribution in [0.4, 0.5) is 17.1 Å². The highest BCUT2D eigenvalue weighted by Gasteiger charge is 2.52. The Morgan fingerprint density at radius 1 is 0.375 bits per heavy atom. The molecule has 0 amide bonds. The Morgan fingerprint density at radius 3 is 1.75 bits per heavy atom. The van der Waals surface area contributed by atoms with E-state index in [0.717, 1.165) is 11.4 Å². The van der Waals surface area contributed by atoms with Gasteiger partial charge in [0.15, 0.2) is 8.07 Å². The Labute approximate surface area is 327 Å². The van der Waals surface area contributed by atoms with Crippen LogP contribution in [0.1, 0.15) is 0 Å². The second-order valence-electron chi connectivity index (χ2n) is 15.2. The Kier molecular flexibility index (Phi) is 6.78. The minimum absolute atomic E-state index is 0.117. The van der Waals surface area contributed by atoms with Gasteiger partial charge in [-0.3, -0.25) is 0 Å². The summed E-state index contributed by atoms with van der Waals surface area (Å²) in [6.07, 6.45) is 0. The minimum atomic E-state index is -2.83. The van der Waals surface area contributed by atoms with Gasteiger partial charge in [-0.05, 0) is 91.0 Å². The third-order valence-electron chi connectivity index (χ3n) is 12.5. The van der Waals surface area contributed by atoms with Crippen LogP contribution in [0.15, 0.2) is 212 Å². The standard InChI is InChI=1S/C52H35BN2Si/c1-2-17-40(18-3-1)56(41-34-29-36-15-4-5-16-37(36)35-41)50-27-13-9-22-45(50)53-44-21-8-12-25-48(44)55(49-26-14-28-51(56)52(49)53)39-32-30-38(31-33-39)54-46-23-10-6-19-42(46)43-20-7-11-24-47(43)54/h1-35H. The number of benzene rings is 9. The van der Waals surface area contributed by atoms with E-state index in [1.54, 1.807) is 0 Å². The first-order valence-corrected chi connectivity index (χ1v) is 21.6. The van der Waals surface area contributed by atoms with Gasteiger partial charge in [0, 0.05) is 33.5 Å². The van der Waals surface area contributed by atoms with Gasteiger partial charge in [-0.2, -0.15) is 0 Å². The summed E-state index contributed by atoms with van der Waals surface area (Å²) >= 11 is 0. The van der Waals surface area contributed by atoms with E-state index in [1.807, 2.05) is 0 Å². The van der Waals surface area contributed by atoms with Crippen molar-refractivity contribution >= 4 is 102 Å². The molecule has 0 saturated heterocycles. The van der Waals surface area contributed by atoms with Gasteiger partial charge in [-0.15, -0.1) is 0 Å². The number of rotatable bonds is 4. The predicted molar refractivity (Wildman–Crippen MR) is 241 cm³/mol. The molecular formula is C52H35BN2Si. The molecule has 9 aromatic carbocycles. The monoisotopic (exact) mass is 726 g/mol. The zero-order chi connectivity index (χ0) is 36.8. The molecule has 1 unspecified atom stereocenters. The molecule has 0 radical (unpaired) electrons. The number of aromatic nitrogens is 1. The Hall–Kier alpha value is -6.88. The van der Waals surface area contributed by atoms with E-state index in [0.29, 0.717) is 0 Å². The molecule has 2 aliphatic heterocycles. The van der Waals surface area contributed by atoms with Gasteiger partial charge in [0.05, 0.1) is 11.0 Å². The van der Waals surface area contributed by atoms with Gasteiger partial charge in [-0.1, -0.05) is 169 Å². The highest BCUT2D eigenvalue weighted by Crippen LogP contribution is 2.38. The summed E-state index contributed by atoms with van der Waals surface area (Å²) in [5.41, 5.74) is 11.5. The molecule has 0 bridgehead atoms. The molecule has 0 aliphatic carbocycles. The fourth-order valence-corrected chi connectivity index (χ4v) is 15.6. The Morgan fingerprint density at radius 2 is 0.964 bits per heavy atom. The summed E-state index contributed by atoms with van der Waals surface area (Å²) in [6.45, 7) is 0.117. The maximum Gasteiger partial charge on any atom is 0.246 e. The largest absolute Gasteiger partial charge is 0.312 e. The summed E-state index contributed by atoms with van der Waals surface area (Å²) in [7, 11) is -2.83. The lowest BCUT2D eigenvalue weighted by molar-refractivity contribution is 1.17. The molecule has 0 spiro atoms. The van der Waals surface area contributed by atoms with E-state index in [9.17, 15) is 0 Å². The number of hydrogen-bond donors (Lipinski definition) is 0. The lowest BCUT2D eigenvalue weighted by Crippen LogP contribution is -2.87. The third-order valence-corrected chi connectivity index (χ3v) is 17.4. The van der Waals surface area contributed by atoms with Crippen LogP contribution >= 0.6 is 0 Å². The zero-order valence-electron chi connectivity index (χ0n) is 30.7. The van der Waals surface area contributed by atoms with Crippen molar-refractivity contribution in [2.45, 2.75) is 0 Å². The first kappa shape index (κ1) is 31.5. The molecule has 4 heteroatoms. The fourth-order valence-electron chi connectivity index (χ4n) is 10.3. The van der Waals surface area contributed by atoms with E-state index in [-0.39, 0.29) is 6.71 Å². The van der Waals surface area contributed by atoms with E-state index in [4.69, 9.17) is 0 Å². The number of anilines is 3. The predicted octanol–water partition coefficient (Wildman–Crippen LogP) is 7.93. The van der Waals surface area contributed by atoms with Crippen LogP contribution in [0.5, 0.6) is 0 Å². The average Bonchev–Trinajstić information content (AvgIpc) is 3.61. The topological polar surface area (TPSA) is 8.17 Å². The summed E-state index contributed by atoms with van der Waals surface area (Å²) in [5, 5.41) is 10.9. The lowest BCUT2D eigenvalue weighted by Gasteiger charge is -2.47. The quantitative estimate of drug-likeness (QED) is 0.168. The molecule has 12 rings (SSSR count). The molecule has 0 fully saturated rings. The van der Waals surface area contributed by atoms with Crippen molar-refractivity contribution in [2.75, 3.05) is 4.90 Å². The van der Waals surface area contributed by atoms with Gasteiger partial charge in [0.2, 0.25) is 6.71 Å². The average molecular weight is 727 g/mol. The summed E-state index contributed by atoms with van der Waals surface area (Å²) in [6, 6.07) is 79.8. The summed E-state index contributed by atoms with van der Waals surface area (Å²) in [4.78, 5) is 2.53. The van der Waals surface area contributed by atoms with Crippen molar-refractivity contribution < 1.29 is 0 Å². The van der Waals surface area contributed by atoms with Crippen LogP contribution < -0.4 is 42.0 Å². The Balaban J connectivity index is 1.12. The van der Waals surface area contributed by atoms with E-state index < -0.39 is 8.07 Å². The number of hydrogen-bond acceptors (Lipinski definition) is 1. The molecule has 2 aliphatic rings. The molecule has 3 heterocycles. The molecule has 56 heavy (non-hydrogen) atoms. The van der Waals surface area contributed by atoms with Crippen molar-refractivity contribution in [3.05, 3.63) is 212 Å². The first-order valence-electron chi connectivity index (χ1n) is 19.6. The number of para-hydroxylation sites is 3. The molecule has 1 atom stereocenters. The molecule has 2 nitrogen and oxygen atoms in total. The molecule has 0 saturated carbocycles. The second-order valence-corrected chi connectivity index (χ2v) is 18.9. The van der Waals surface area contributed by atoms with Crippen molar-refractivity contribution in [2.24, 2.45) is 0 Å². The van der Waals surface area contributed by atoms with Crippen LogP contribution in [0.3, 0.4) is 0 Å². The van der Waals surface area contributed by atoms with Crippen molar-refractivity contribution in [3.63, 3.8) is 0 Å². The highest BCUT2D eigenvalue weighted by atomic mass is 28.3. The molecule has 1 aromatic heterocycles. The molecular weight excluding hydrogens is 691 g/mol. The van der Waals surface area contributed by atoms with Crippen molar-refractivity contribution in [1.82, 2.24) is 4.57 Å². The van der Waals surface area contributed by atoms with Gasteiger partial charge in [0.25, 0.3) is 0 Å². The van der Waals surface area contributed by atoms with Gasteiger partial charge in [-0.25, -0.2) is 0 Å². The molecule has 0 N–H and O–H groups in total. The molecule has 260 valence electrons. The SMILES string of the molecule is c1ccc([Si]2(c3ccc4ccccc4c3)c3ccccc3B3c4ccccc4N(c4ccc(-n5c6ccccc6c6ccccc65)cc4)c4cccc2c43)cc1. The van der Waals surface area contributed by atoms with Crippen molar-refractivity contribution in [3.8, 4) is 5.69 Å². The smallest absolute Gasteiger partial charge is 0.246 e. The number of fused-ring (bicyclic) bond motifs is 8. The zero-order valence-corrected chi connectivity index (χ0v) is 31.7. The van der Waals surface area contributed by atoms with Crippen LogP contribution in [-0.4, -0.2) is 19.4 Å². The van der Waals surface area contributed by atoms with E-state index in [1.165, 1.54) is 81.1 Å². The van der Waals surface area contributed by atoms with Crippen LogP contribution in [-0.2, 0) is 0 Å². The number of nitrogens with zero attached hydrogens (tertiary/aromatic N) is 2. The van der Waals surface area contributed by atoms with Crippen molar-refractivity contribution in [1.29, 1.82) is 0 Å². The Bertz CT molecular complexity index is 3120. The van der Waals surface area contributed by atoms with Gasteiger partial charge >= 0.3 is 0 Å². The van der Waals surface area contributed by atoms with E-state index in [2.05, 4.69) is 222 Å². The van der Waals surface area contributed by atoms with Crippen LogP contribution in [0, 0.1) is 0 Å². The van der Waals surface area contributed by atoms with Gasteiger partial charge in [0.1, 0.15) is 0 Å². The normalized spacial score (nSPS) is 15.5. The first-order chi connectivity index (χ1) is 27.8. The maximum atomic E-state index is 2.53. The van der Waals surface area contributed by atoms with Gasteiger partial charge < -0.3 is 9.47 Å². The fraction of sp³-hybridized carbons (Fsp3) is 0. The highest BCUT2D eigenvalue weighted by molar-refractivity contribution is 7.26. The van der Waals surface area contributed by atoms with Crippen LogP contribution in [0.25, 0.3) is 38.3 Å². The minimum Gasteiger partial charge on any atom is -0.312 e. The molecule has 10 aromatic rings. The summed E-state index contributed by atoms with van der Waals surface area (Å²) < 4.78 is 2.40. The maximum absolute atomic E-state index is 2.83. The summed E-state index contributed by atoms with van der Waals surface area (Å²) in [5.74, 6) is 0.